The molecule has 0 bridgehead atoms. The van der Waals surface area contributed by atoms with Gasteiger partial charge < -0.3 is 32.9 Å². The van der Waals surface area contributed by atoms with Crippen LogP contribution < -0.4 is 17.1 Å². The average molecular weight is 583 g/mol. The van der Waals surface area contributed by atoms with Crippen molar-refractivity contribution in [1.82, 2.24) is 19.5 Å². The van der Waals surface area contributed by atoms with Crippen molar-refractivity contribution >= 4 is 25.5 Å². The lowest BCUT2D eigenvalue weighted by molar-refractivity contribution is 0.00710. The minimum Gasteiger partial charge on any atom is -0.395 e. The lowest BCUT2D eigenvalue weighted by Gasteiger charge is -2.18. The molecule has 1 fully saturated rings. The summed E-state index contributed by atoms with van der Waals surface area (Å²) in [6.45, 7) is 0.145. The molecule has 16 heteroatoms. The minimum atomic E-state index is -2.84. The summed E-state index contributed by atoms with van der Waals surface area (Å²) in [6, 6.07) is 5.83. The van der Waals surface area contributed by atoms with E-state index in [1.807, 2.05) is 0 Å². The maximum absolute atomic E-state index is 13.7. The maximum atomic E-state index is 13.7. The normalized spacial score (nSPS) is 17.5. The largest absolute Gasteiger partial charge is 0.519 e. The molecule has 0 saturated heterocycles. The highest BCUT2D eigenvalue weighted by Crippen LogP contribution is 2.46. The zero-order chi connectivity index (χ0) is 28.3. The second-order valence-corrected chi connectivity index (χ2v) is 10.6. The number of halogens is 3. The van der Waals surface area contributed by atoms with Gasteiger partial charge in [-0.2, -0.15) is 4.98 Å². The zero-order valence-corrected chi connectivity index (χ0v) is 21.9. The summed E-state index contributed by atoms with van der Waals surface area (Å²) < 4.78 is 70.2. The highest BCUT2D eigenvalue weighted by Gasteiger charge is 2.43. The van der Waals surface area contributed by atoms with Gasteiger partial charge in [0.05, 0.1) is 19.5 Å². The monoisotopic (exact) mass is 583 g/mol. The highest BCUT2D eigenvalue weighted by atomic mass is 31.2. The smallest absolute Gasteiger partial charge is 0.395 e. The number of H-pyrrole nitrogens is 1. The second kappa shape index (κ2) is 11.9. The Morgan fingerprint density at radius 2 is 2.05 bits per heavy atom. The number of aromatic nitrogens is 4. The van der Waals surface area contributed by atoms with Gasteiger partial charge in [-0.15, -0.1) is 0 Å². The predicted molar refractivity (Wildman–Crippen MR) is 135 cm³/mol. The first-order chi connectivity index (χ1) is 19.2. The Kier molecular flexibility index (Phi) is 8.35. The van der Waals surface area contributed by atoms with Crippen molar-refractivity contribution in [2.75, 3.05) is 18.7 Å². The number of imidazole rings is 1. The minimum absolute atomic E-state index is 0.00198. The van der Waals surface area contributed by atoms with Gasteiger partial charge in [-0.3, -0.25) is 9.78 Å². The number of ether oxygens (including phenoxy) is 1. The van der Waals surface area contributed by atoms with Gasteiger partial charge in [-0.05, 0) is 24.1 Å². The van der Waals surface area contributed by atoms with Gasteiger partial charge in [0, 0.05) is 25.3 Å². The molecule has 4 aromatic rings. The molecule has 0 spiro atoms. The summed E-state index contributed by atoms with van der Waals surface area (Å²) in [5, 5.41) is 0. The van der Waals surface area contributed by atoms with E-state index in [-0.39, 0.29) is 68.5 Å². The fourth-order valence-electron chi connectivity index (χ4n) is 4.36. The molecular weight excluding hydrogens is 558 g/mol. The van der Waals surface area contributed by atoms with Crippen molar-refractivity contribution in [3.63, 3.8) is 0 Å². The Labute approximate surface area is 225 Å². The molecule has 40 heavy (non-hydrogen) atoms. The van der Waals surface area contributed by atoms with Crippen LogP contribution in [0.3, 0.4) is 0 Å². The average Bonchev–Trinajstić information content (AvgIpc) is 3.59. The Balaban J connectivity index is 1.22. The molecule has 214 valence electrons. The molecule has 0 radical (unpaired) electrons. The first-order valence-electron chi connectivity index (χ1n) is 12.2. The van der Waals surface area contributed by atoms with Crippen LogP contribution in [0.15, 0.2) is 49.0 Å². The molecule has 3 N–H and O–H groups in total. The van der Waals surface area contributed by atoms with E-state index in [2.05, 4.69) is 15.0 Å². The van der Waals surface area contributed by atoms with Crippen LogP contribution in [0.25, 0.3) is 11.2 Å². The van der Waals surface area contributed by atoms with E-state index in [0.29, 0.717) is 11.2 Å². The van der Waals surface area contributed by atoms with Crippen molar-refractivity contribution < 1.29 is 35.8 Å². The standard InChI is InChI=1S/C24H25F3N5O7P/c25-16-3-1-2-14(8-16)10-36-40(13-35-7-6-32-12-29-18-20(32)30-22(28)31-21(18)33)37-11-17-19(39-23(34)38-17)15-4-5-24(26,27)9-15/h1-3,8,12,15H,4-7,9-11,13H2,(H3,28,30,31,33). The summed E-state index contributed by atoms with van der Waals surface area (Å²) in [7, 11) is -1.78. The first-order valence-corrected chi connectivity index (χ1v) is 13.6. The number of hydrogen-bond donors (Lipinski definition) is 2. The van der Waals surface area contributed by atoms with Crippen molar-refractivity contribution in [3.8, 4) is 0 Å². The van der Waals surface area contributed by atoms with Crippen molar-refractivity contribution in [2.45, 2.75) is 50.9 Å². The number of nitrogens with two attached hydrogens (primary N) is 1. The van der Waals surface area contributed by atoms with E-state index in [1.165, 1.54) is 18.5 Å². The molecular formula is C24H25F3N5O7P. The molecule has 1 aliphatic carbocycles. The molecule has 2 unspecified atom stereocenters. The molecule has 0 amide bonds. The molecule has 5 rings (SSSR count). The first kappa shape index (κ1) is 28.0. The SMILES string of the molecule is Nc1nc2c(ncn2CCOCP(OCc2cccc(F)c2)OCc2oc(=O)oc2C2CCC(F)(F)C2)c(=O)[nH]1. The number of fused-ring (bicyclic) bond motifs is 1. The van der Waals surface area contributed by atoms with Crippen LogP contribution in [-0.2, 0) is 33.5 Å². The lowest BCUT2D eigenvalue weighted by Crippen LogP contribution is -2.13. The lowest BCUT2D eigenvalue weighted by atomic mass is 10.0. The van der Waals surface area contributed by atoms with E-state index in [0.717, 1.165) is 0 Å². The maximum Gasteiger partial charge on any atom is 0.519 e. The van der Waals surface area contributed by atoms with E-state index < -0.39 is 43.8 Å². The fraction of sp³-hybridized carbons (Fsp3) is 0.417. The van der Waals surface area contributed by atoms with Gasteiger partial charge in [0.1, 0.15) is 18.8 Å². The van der Waals surface area contributed by atoms with Crippen LogP contribution in [0.1, 0.15) is 42.3 Å². The second-order valence-electron chi connectivity index (χ2n) is 9.15. The van der Waals surface area contributed by atoms with Gasteiger partial charge in [0.25, 0.3) is 5.56 Å². The number of aromatic amines is 1. The van der Waals surface area contributed by atoms with E-state index in [9.17, 15) is 22.8 Å². The van der Waals surface area contributed by atoms with Crippen LogP contribution in [0.2, 0.25) is 0 Å². The van der Waals surface area contributed by atoms with Gasteiger partial charge in [-0.25, -0.2) is 22.9 Å². The topological polar surface area (TPSA) is 161 Å². The molecule has 1 aromatic carbocycles. The number of hydrogen-bond acceptors (Lipinski definition) is 10. The fourth-order valence-corrected chi connectivity index (χ4v) is 5.41. The Bertz CT molecular complexity index is 1590. The Hall–Kier alpha value is -3.52. The van der Waals surface area contributed by atoms with E-state index in [4.69, 9.17) is 28.4 Å². The molecule has 2 atom stereocenters. The van der Waals surface area contributed by atoms with E-state index >= 15 is 0 Å². The number of benzene rings is 1. The summed E-state index contributed by atoms with van der Waals surface area (Å²) >= 11 is 0. The third kappa shape index (κ3) is 6.78. The van der Waals surface area contributed by atoms with Crippen molar-refractivity contribution in [2.24, 2.45) is 0 Å². The Morgan fingerprint density at radius 1 is 1.23 bits per heavy atom. The quantitative estimate of drug-likeness (QED) is 0.184. The van der Waals surface area contributed by atoms with Crippen molar-refractivity contribution in [1.29, 1.82) is 0 Å². The summed E-state index contributed by atoms with van der Waals surface area (Å²) in [5.41, 5.74) is 6.14. The predicted octanol–water partition coefficient (Wildman–Crippen LogP) is 4.01. The molecule has 12 nitrogen and oxygen atoms in total. The molecule has 3 heterocycles. The molecule has 3 aromatic heterocycles. The van der Waals surface area contributed by atoms with Gasteiger partial charge in [0.2, 0.25) is 11.9 Å². The third-order valence-corrected chi connectivity index (χ3v) is 7.45. The van der Waals surface area contributed by atoms with Crippen LogP contribution in [0.4, 0.5) is 19.1 Å². The van der Waals surface area contributed by atoms with Crippen LogP contribution in [-0.4, -0.2) is 38.4 Å². The number of alkyl halides is 2. The molecule has 1 saturated carbocycles. The van der Waals surface area contributed by atoms with Crippen LogP contribution in [0.5, 0.6) is 0 Å². The summed E-state index contributed by atoms with van der Waals surface area (Å²) in [4.78, 5) is 34.2. The van der Waals surface area contributed by atoms with E-state index in [1.54, 1.807) is 16.7 Å². The van der Waals surface area contributed by atoms with Gasteiger partial charge >= 0.3 is 5.82 Å². The third-order valence-electron chi connectivity index (χ3n) is 6.22. The molecule has 0 aliphatic heterocycles. The van der Waals surface area contributed by atoms with Gasteiger partial charge in [0.15, 0.2) is 31.1 Å². The number of nitrogen functional groups attached to an aromatic ring is 1. The number of anilines is 1. The van der Waals surface area contributed by atoms with Crippen LogP contribution >= 0.6 is 8.38 Å². The molecule has 1 aliphatic rings. The summed E-state index contributed by atoms with van der Waals surface area (Å²) in [6.07, 6.45) is 0.779. The number of nitrogens with one attached hydrogen (secondary N) is 1. The Morgan fingerprint density at radius 3 is 2.83 bits per heavy atom. The van der Waals surface area contributed by atoms with Crippen LogP contribution in [0, 0.1) is 5.82 Å². The van der Waals surface area contributed by atoms with Crippen molar-refractivity contribution in [3.05, 3.63) is 74.5 Å². The van der Waals surface area contributed by atoms with Gasteiger partial charge in [-0.1, -0.05) is 12.1 Å². The zero-order valence-electron chi connectivity index (χ0n) is 21.0. The highest BCUT2D eigenvalue weighted by molar-refractivity contribution is 7.46. The number of rotatable bonds is 12. The summed E-state index contributed by atoms with van der Waals surface area (Å²) in [5.74, 6) is -4.95. The number of nitrogens with zero attached hydrogens (tertiary/aromatic N) is 3.